The zero-order chi connectivity index (χ0) is 13.2. The predicted molar refractivity (Wildman–Crippen MR) is 68.6 cm³/mol. The molecular formula is C14H10N2O3. The molecule has 0 bridgehead atoms. The summed E-state index contributed by atoms with van der Waals surface area (Å²) in [5, 5.41) is 5.67. The number of nitrogens with zero attached hydrogens (tertiary/aromatic N) is 2. The monoisotopic (exact) mass is 254 g/mol. The highest BCUT2D eigenvalue weighted by molar-refractivity contribution is 5.95. The number of fused-ring (bicyclic) bond motifs is 1. The van der Waals surface area contributed by atoms with Gasteiger partial charge in [-0.2, -0.15) is 4.98 Å². The van der Waals surface area contributed by atoms with E-state index in [0.29, 0.717) is 5.89 Å². The molecule has 0 saturated heterocycles. The van der Waals surface area contributed by atoms with Crippen LogP contribution in [0.1, 0.15) is 10.6 Å². The molecule has 1 aromatic heterocycles. The number of methoxy groups -OCH3 is 1. The lowest BCUT2D eigenvalue weighted by molar-refractivity contribution is 0.0583. The highest BCUT2D eigenvalue weighted by Crippen LogP contribution is 2.27. The Kier molecular flexibility index (Phi) is 2.72. The number of aromatic nitrogens is 2. The average Bonchev–Trinajstić information content (AvgIpc) is 2.95. The number of rotatable bonds is 2. The number of carbonyl (C=O) groups is 1. The van der Waals surface area contributed by atoms with Gasteiger partial charge in [0.2, 0.25) is 0 Å². The number of hydrogen-bond donors (Lipinski definition) is 0. The van der Waals surface area contributed by atoms with Crippen molar-refractivity contribution >= 4 is 16.7 Å². The highest BCUT2D eigenvalue weighted by Gasteiger charge is 2.17. The van der Waals surface area contributed by atoms with Gasteiger partial charge >= 0.3 is 5.97 Å². The number of esters is 1. The summed E-state index contributed by atoms with van der Waals surface area (Å²) >= 11 is 0. The van der Waals surface area contributed by atoms with Gasteiger partial charge in [-0.3, -0.25) is 0 Å². The Bertz CT molecular complexity index is 744. The highest BCUT2D eigenvalue weighted by atomic mass is 16.5. The fraction of sp³-hybridized carbons (Fsp3) is 0.0714. The summed E-state index contributed by atoms with van der Waals surface area (Å²) in [5.74, 6) is -0.391. The quantitative estimate of drug-likeness (QED) is 0.658. The van der Waals surface area contributed by atoms with Gasteiger partial charge in [-0.1, -0.05) is 36.4 Å². The van der Waals surface area contributed by atoms with Crippen molar-refractivity contribution in [1.29, 1.82) is 0 Å². The molecule has 0 aliphatic carbocycles. The van der Waals surface area contributed by atoms with E-state index in [-0.39, 0.29) is 5.82 Å². The van der Waals surface area contributed by atoms with E-state index in [2.05, 4.69) is 14.9 Å². The van der Waals surface area contributed by atoms with Gasteiger partial charge < -0.3 is 9.26 Å². The van der Waals surface area contributed by atoms with E-state index >= 15 is 0 Å². The second-order valence-electron chi connectivity index (χ2n) is 3.94. The minimum absolute atomic E-state index is 0.0783. The molecule has 5 heteroatoms. The Morgan fingerprint density at radius 3 is 2.79 bits per heavy atom. The van der Waals surface area contributed by atoms with E-state index in [1.54, 1.807) is 0 Å². The topological polar surface area (TPSA) is 65.2 Å². The molecule has 0 aliphatic heterocycles. The van der Waals surface area contributed by atoms with Crippen molar-refractivity contribution in [3.63, 3.8) is 0 Å². The van der Waals surface area contributed by atoms with Crippen LogP contribution in [-0.4, -0.2) is 23.2 Å². The molecule has 0 spiro atoms. The van der Waals surface area contributed by atoms with Crippen LogP contribution in [-0.2, 0) is 4.74 Å². The first-order chi connectivity index (χ1) is 9.29. The van der Waals surface area contributed by atoms with Gasteiger partial charge in [0.15, 0.2) is 0 Å². The van der Waals surface area contributed by atoms with Crippen LogP contribution in [0.15, 0.2) is 47.0 Å². The van der Waals surface area contributed by atoms with Crippen LogP contribution >= 0.6 is 0 Å². The maximum Gasteiger partial charge on any atom is 0.379 e. The molecule has 5 nitrogen and oxygen atoms in total. The number of ether oxygens (including phenoxy) is 1. The largest absolute Gasteiger partial charge is 0.463 e. The van der Waals surface area contributed by atoms with Gasteiger partial charge in [-0.15, -0.1) is 0 Å². The average molecular weight is 254 g/mol. The lowest BCUT2D eigenvalue weighted by atomic mass is 10.0. The summed E-state index contributed by atoms with van der Waals surface area (Å²) in [4.78, 5) is 15.4. The normalized spacial score (nSPS) is 10.6. The molecule has 1 heterocycles. The molecule has 0 atom stereocenters. The molecule has 3 rings (SSSR count). The van der Waals surface area contributed by atoms with Crippen LogP contribution in [0.5, 0.6) is 0 Å². The molecule has 3 aromatic rings. The molecule has 0 saturated carbocycles. The van der Waals surface area contributed by atoms with Crippen molar-refractivity contribution in [2.75, 3.05) is 7.11 Å². The zero-order valence-electron chi connectivity index (χ0n) is 10.2. The third kappa shape index (κ3) is 1.95. The van der Waals surface area contributed by atoms with Gasteiger partial charge in [0.25, 0.3) is 11.7 Å². The van der Waals surface area contributed by atoms with E-state index in [9.17, 15) is 4.79 Å². The van der Waals surface area contributed by atoms with Crippen LogP contribution in [0, 0.1) is 0 Å². The molecule has 0 aliphatic rings. The summed E-state index contributed by atoms with van der Waals surface area (Å²) in [6.45, 7) is 0. The van der Waals surface area contributed by atoms with E-state index in [4.69, 9.17) is 4.52 Å². The fourth-order valence-corrected chi connectivity index (χ4v) is 1.92. The minimum atomic E-state index is -0.616. The Balaban J connectivity index is 2.14. The van der Waals surface area contributed by atoms with Crippen molar-refractivity contribution in [3.8, 4) is 11.5 Å². The number of hydrogen-bond acceptors (Lipinski definition) is 5. The lowest BCUT2D eigenvalue weighted by Crippen LogP contribution is -2.03. The van der Waals surface area contributed by atoms with Crippen LogP contribution in [0.2, 0.25) is 0 Å². The third-order valence-electron chi connectivity index (χ3n) is 2.81. The summed E-state index contributed by atoms with van der Waals surface area (Å²) in [5.41, 5.74) is 0.792. The van der Waals surface area contributed by atoms with Crippen molar-refractivity contribution < 1.29 is 14.1 Å². The Labute approximate surface area is 108 Å². The zero-order valence-corrected chi connectivity index (χ0v) is 10.2. The van der Waals surface area contributed by atoms with E-state index in [1.807, 2.05) is 42.5 Å². The first-order valence-corrected chi connectivity index (χ1v) is 5.70. The standard InChI is InChI=1S/C14H10N2O3/c1-18-14(17)12-15-13(19-16-12)11-8-4-6-9-5-2-3-7-10(9)11/h2-8H,1H3. The molecule has 0 unspecified atom stereocenters. The van der Waals surface area contributed by atoms with Gasteiger partial charge in [0.05, 0.1) is 7.11 Å². The van der Waals surface area contributed by atoms with Gasteiger partial charge in [0, 0.05) is 5.56 Å². The van der Waals surface area contributed by atoms with Crippen LogP contribution in [0.3, 0.4) is 0 Å². The molecular weight excluding hydrogens is 244 g/mol. The second-order valence-corrected chi connectivity index (χ2v) is 3.94. The molecule has 19 heavy (non-hydrogen) atoms. The molecule has 0 radical (unpaired) electrons. The summed E-state index contributed by atoms with van der Waals surface area (Å²) < 4.78 is 9.67. The fourth-order valence-electron chi connectivity index (χ4n) is 1.92. The summed E-state index contributed by atoms with van der Waals surface area (Å²) in [7, 11) is 1.27. The first kappa shape index (κ1) is 11.4. The van der Waals surface area contributed by atoms with E-state index in [1.165, 1.54) is 7.11 Å². The predicted octanol–water partition coefficient (Wildman–Crippen LogP) is 2.68. The molecule has 0 fully saturated rings. The summed E-state index contributed by atoms with van der Waals surface area (Å²) in [6.07, 6.45) is 0. The maximum atomic E-state index is 11.3. The summed E-state index contributed by atoms with van der Waals surface area (Å²) in [6, 6.07) is 13.6. The number of benzene rings is 2. The third-order valence-corrected chi connectivity index (χ3v) is 2.81. The Hall–Kier alpha value is -2.69. The van der Waals surface area contributed by atoms with Gasteiger partial charge in [-0.05, 0) is 22.0 Å². The molecule has 2 aromatic carbocycles. The van der Waals surface area contributed by atoms with Crippen LogP contribution in [0.25, 0.3) is 22.2 Å². The molecule has 94 valence electrons. The van der Waals surface area contributed by atoms with Gasteiger partial charge in [-0.25, -0.2) is 4.79 Å². The molecule has 0 amide bonds. The van der Waals surface area contributed by atoms with E-state index in [0.717, 1.165) is 16.3 Å². The van der Waals surface area contributed by atoms with Crippen LogP contribution in [0.4, 0.5) is 0 Å². The Morgan fingerprint density at radius 1 is 1.16 bits per heavy atom. The van der Waals surface area contributed by atoms with E-state index < -0.39 is 5.97 Å². The van der Waals surface area contributed by atoms with Gasteiger partial charge in [0.1, 0.15) is 0 Å². The SMILES string of the molecule is COC(=O)c1noc(-c2cccc3ccccc23)n1. The van der Waals surface area contributed by atoms with Crippen LogP contribution < -0.4 is 0 Å². The van der Waals surface area contributed by atoms with Crippen molar-refractivity contribution in [1.82, 2.24) is 10.1 Å². The Morgan fingerprint density at radius 2 is 1.95 bits per heavy atom. The number of carbonyl (C=O) groups excluding carboxylic acids is 1. The second kappa shape index (κ2) is 4.53. The smallest absolute Gasteiger partial charge is 0.379 e. The maximum absolute atomic E-state index is 11.3. The van der Waals surface area contributed by atoms with Crippen molar-refractivity contribution in [2.45, 2.75) is 0 Å². The lowest BCUT2D eigenvalue weighted by Gasteiger charge is -2.01. The minimum Gasteiger partial charge on any atom is -0.463 e. The molecule has 0 N–H and O–H groups in total. The first-order valence-electron chi connectivity index (χ1n) is 5.70. The van der Waals surface area contributed by atoms with Crippen molar-refractivity contribution in [2.24, 2.45) is 0 Å². The van der Waals surface area contributed by atoms with Crippen molar-refractivity contribution in [3.05, 3.63) is 48.3 Å².